The lowest BCUT2D eigenvalue weighted by atomic mass is 9.85. The van der Waals surface area contributed by atoms with Gasteiger partial charge in [-0.15, -0.1) is 0 Å². The zero-order valence-corrected chi connectivity index (χ0v) is 29.8. The molecule has 0 bridgehead atoms. The number of hydrogen-bond acceptors (Lipinski definition) is 7. The smallest absolute Gasteiger partial charge is 0.326 e. The topological polar surface area (TPSA) is 118 Å². The summed E-state index contributed by atoms with van der Waals surface area (Å²) >= 11 is 12.6. The van der Waals surface area contributed by atoms with Gasteiger partial charge in [-0.25, -0.2) is 17.9 Å². The molecule has 5 rings (SSSR count). The lowest BCUT2D eigenvalue weighted by molar-refractivity contribution is 0.120. The molecule has 2 atom stereocenters. The molecule has 0 aromatic heterocycles. The Balaban J connectivity index is 0.00000541. The minimum Gasteiger partial charge on any atom is -0.493 e. The normalized spacial score (nSPS) is 18.4. The molecule has 0 radical (unpaired) electrons. The monoisotopic (exact) mass is 726 g/mol. The molecular weight excluding hydrogens is 683 g/mol. The van der Waals surface area contributed by atoms with Crippen molar-refractivity contribution in [3.8, 4) is 11.8 Å². The quantitative estimate of drug-likeness (QED) is 0.250. The first-order valence-corrected chi connectivity index (χ1v) is 18.5. The Hall–Kier alpha value is -3.66. The first kappa shape index (κ1) is 38.1. The Morgan fingerprint density at radius 1 is 1.00 bits per heavy atom. The number of rotatable bonds is 10. The van der Waals surface area contributed by atoms with Gasteiger partial charge in [0.2, 0.25) is 10.0 Å². The van der Waals surface area contributed by atoms with Gasteiger partial charge in [0.15, 0.2) is 0 Å². The van der Waals surface area contributed by atoms with E-state index in [1.807, 2.05) is 92.4 Å². The van der Waals surface area contributed by atoms with E-state index in [0.29, 0.717) is 73.1 Å². The highest BCUT2D eigenvalue weighted by Crippen LogP contribution is 2.46. The molecule has 2 heterocycles. The number of sulfonamides is 1. The van der Waals surface area contributed by atoms with Crippen molar-refractivity contribution < 1.29 is 17.9 Å². The van der Waals surface area contributed by atoms with Crippen molar-refractivity contribution in [2.45, 2.75) is 45.7 Å². The van der Waals surface area contributed by atoms with Gasteiger partial charge in [-0.2, -0.15) is 5.26 Å². The summed E-state index contributed by atoms with van der Waals surface area (Å²) in [4.78, 5) is 25.8. The van der Waals surface area contributed by atoms with Crippen LogP contribution in [0.25, 0.3) is 0 Å². The van der Waals surface area contributed by atoms with E-state index >= 15 is 0 Å². The third kappa shape index (κ3) is 8.93. The summed E-state index contributed by atoms with van der Waals surface area (Å²) in [6.07, 6.45) is 1.14. The number of urea groups is 1. The number of carbonyl (C=O) groups excluding carboxylic acids is 1. The number of nitrogens with one attached hydrogen (secondary N) is 1. The van der Waals surface area contributed by atoms with Crippen molar-refractivity contribution in [2.75, 3.05) is 52.1 Å². The van der Waals surface area contributed by atoms with Gasteiger partial charge in [-0.1, -0.05) is 61.0 Å². The number of amidine groups is 1. The fraction of sp³-hybridized carbons (Fsp3) is 0.417. The van der Waals surface area contributed by atoms with E-state index in [2.05, 4.69) is 15.7 Å². The molecule has 0 saturated carbocycles. The van der Waals surface area contributed by atoms with Crippen molar-refractivity contribution in [1.82, 2.24) is 19.4 Å². The molecule has 0 aliphatic carbocycles. The van der Waals surface area contributed by atoms with Crippen LogP contribution < -0.4 is 9.46 Å². The Labute approximate surface area is 300 Å². The van der Waals surface area contributed by atoms with Gasteiger partial charge < -0.3 is 9.64 Å². The molecule has 1 fully saturated rings. The van der Waals surface area contributed by atoms with Crippen LogP contribution in [0.1, 0.15) is 62.5 Å². The minimum absolute atomic E-state index is 0. The number of hydrogen-bond donors (Lipinski definition) is 1. The first-order valence-electron chi connectivity index (χ1n) is 15.8. The Kier molecular flexibility index (Phi) is 12.4. The molecule has 3 aromatic rings. The van der Waals surface area contributed by atoms with Crippen LogP contribution in [0.4, 0.5) is 4.79 Å². The van der Waals surface area contributed by atoms with E-state index in [4.69, 9.17) is 32.9 Å². The van der Waals surface area contributed by atoms with Crippen molar-refractivity contribution in [3.05, 3.63) is 99.0 Å². The van der Waals surface area contributed by atoms with Gasteiger partial charge in [-0.05, 0) is 73.9 Å². The Morgan fingerprint density at radius 2 is 1.59 bits per heavy atom. The highest BCUT2D eigenvalue weighted by Gasteiger charge is 2.45. The second kappa shape index (κ2) is 15.9. The molecule has 10 nitrogen and oxygen atoms in total. The summed E-state index contributed by atoms with van der Waals surface area (Å²) in [6.45, 7) is 8.90. The average molecular weight is 728 g/mol. The second-order valence-electron chi connectivity index (χ2n) is 12.5. The van der Waals surface area contributed by atoms with Crippen LogP contribution in [-0.2, 0) is 15.4 Å². The van der Waals surface area contributed by atoms with E-state index in [1.54, 1.807) is 4.90 Å². The summed E-state index contributed by atoms with van der Waals surface area (Å²) in [5.74, 6) is 0.995. The number of carbonyl (C=O) groups is 1. The SMILES string of the molecule is C.CCOc1cc(C(C)(C)C#N)ccc1C1=N[C@@H](c2ccc(Cl)cc2)[C@@H](c2ccc(Cl)cc2)N1C(=O)N1CCN(CCNS(C)(=O)=O)CC1. The second-order valence-corrected chi connectivity index (χ2v) is 15.2. The van der Waals surface area contributed by atoms with E-state index in [1.165, 1.54) is 0 Å². The van der Waals surface area contributed by atoms with E-state index in [-0.39, 0.29) is 13.5 Å². The summed E-state index contributed by atoms with van der Waals surface area (Å²) in [5, 5.41) is 11.0. The van der Waals surface area contributed by atoms with Crippen LogP contribution in [0.15, 0.2) is 71.7 Å². The number of aliphatic imine (C=N–C) groups is 1. The van der Waals surface area contributed by atoms with E-state index in [9.17, 15) is 18.5 Å². The summed E-state index contributed by atoms with van der Waals surface area (Å²) < 4.78 is 31.8. The van der Waals surface area contributed by atoms with Crippen LogP contribution in [0.2, 0.25) is 10.0 Å². The minimum atomic E-state index is -3.28. The number of halogens is 2. The molecule has 0 spiro atoms. The van der Waals surface area contributed by atoms with Gasteiger partial charge in [-0.3, -0.25) is 14.8 Å². The van der Waals surface area contributed by atoms with Gasteiger partial charge in [0, 0.05) is 49.3 Å². The maximum absolute atomic E-state index is 14.8. The molecule has 2 aliphatic heterocycles. The van der Waals surface area contributed by atoms with Gasteiger partial charge >= 0.3 is 6.03 Å². The van der Waals surface area contributed by atoms with Crippen LogP contribution in [0, 0.1) is 11.3 Å². The molecule has 3 aromatic carbocycles. The number of benzene rings is 3. The number of piperazine rings is 1. The van der Waals surface area contributed by atoms with Crippen LogP contribution in [0.5, 0.6) is 5.75 Å². The van der Waals surface area contributed by atoms with Crippen molar-refractivity contribution in [1.29, 1.82) is 5.26 Å². The zero-order valence-electron chi connectivity index (χ0n) is 27.5. The highest BCUT2D eigenvalue weighted by molar-refractivity contribution is 7.88. The van der Waals surface area contributed by atoms with Crippen LogP contribution in [-0.4, -0.2) is 87.1 Å². The van der Waals surface area contributed by atoms with Gasteiger partial charge in [0.05, 0.1) is 36.0 Å². The summed E-state index contributed by atoms with van der Waals surface area (Å²) in [7, 11) is -3.28. The molecule has 262 valence electrons. The molecule has 1 N–H and O–H groups in total. The van der Waals surface area contributed by atoms with Crippen molar-refractivity contribution in [3.63, 3.8) is 0 Å². The van der Waals surface area contributed by atoms with Crippen molar-refractivity contribution in [2.24, 2.45) is 4.99 Å². The fourth-order valence-corrected chi connectivity index (χ4v) is 6.71. The number of nitriles is 1. The van der Waals surface area contributed by atoms with E-state index in [0.717, 1.165) is 22.9 Å². The van der Waals surface area contributed by atoms with Gasteiger partial charge in [0.1, 0.15) is 17.6 Å². The lowest BCUT2D eigenvalue weighted by Crippen LogP contribution is -2.54. The zero-order chi connectivity index (χ0) is 34.6. The van der Waals surface area contributed by atoms with Crippen molar-refractivity contribution >= 4 is 45.1 Å². The fourth-order valence-electron chi connectivity index (χ4n) is 5.99. The molecular formula is C36H44Cl2N6O4S. The largest absolute Gasteiger partial charge is 0.493 e. The third-order valence-corrected chi connectivity index (χ3v) is 9.89. The molecule has 13 heteroatoms. The first-order chi connectivity index (χ1) is 22.8. The Morgan fingerprint density at radius 3 is 2.14 bits per heavy atom. The molecule has 2 aliphatic rings. The maximum Gasteiger partial charge on any atom is 0.326 e. The molecule has 2 amide bonds. The third-order valence-electron chi connectivity index (χ3n) is 8.65. The van der Waals surface area contributed by atoms with Crippen LogP contribution in [0.3, 0.4) is 0 Å². The highest BCUT2D eigenvalue weighted by atomic mass is 35.5. The standard InChI is InChI=1S/C35H40Cl2N6O4S.CH4/c1-5-47-30-22-26(35(2,3)23-38)10-15-29(30)33-40-31(24-6-11-27(36)12-7-24)32(25-8-13-28(37)14-9-25)43(33)34(44)42-20-18-41(19-21-42)17-16-39-48(4,45)46;/h6-15,22,31-32,39H,5,16-21H2,1-4H3;1H4/t31-,32+;/m0./s1. The summed E-state index contributed by atoms with van der Waals surface area (Å²) in [5.41, 5.74) is 2.42. The van der Waals surface area contributed by atoms with Gasteiger partial charge in [0.25, 0.3) is 0 Å². The van der Waals surface area contributed by atoms with Crippen LogP contribution >= 0.6 is 23.2 Å². The average Bonchev–Trinajstić information content (AvgIpc) is 3.45. The molecule has 49 heavy (non-hydrogen) atoms. The maximum atomic E-state index is 14.8. The molecule has 1 saturated heterocycles. The van der Waals surface area contributed by atoms with E-state index < -0.39 is 27.5 Å². The predicted octanol–water partition coefficient (Wildman–Crippen LogP) is 6.66. The predicted molar refractivity (Wildman–Crippen MR) is 196 cm³/mol. The number of ether oxygens (including phenoxy) is 1. The molecule has 0 unspecified atom stereocenters. The Bertz CT molecular complexity index is 1800. The number of nitrogens with zero attached hydrogens (tertiary/aromatic N) is 5. The summed E-state index contributed by atoms with van der Waals surface area (Å²) in [6, 6.07) is 21.7. The lowest BCUT2D eigenvalue weighted by Gasteiger charge is -2.39. The number of amides is 2.